The predicted octanol–water partition coefficient (Wildman–Crippen LogP) is 1.18. The molecule has 1 N–H and O–H groups in total. The van der Waals surface area contributed by atoms with Crippen molar-refractivity contribution in [3.63, 3.8) is 0 Å². The molecule has 0 aliphatic carbocycles. The highest BCUT2D eigenvalue weighted by molar-refractivity contribution is 5.59. The highest BCUT2D eigenvalue weighted by Crippen LogP contribution is 2.24. The van der Waals surface area contributed by atoms with Gasteiger partial charge in [0.05, 0.1) is 12.0 Å². The van der Waals surface area contributed by atoms with Gasteiger partial charge >= 0.3 is 0 Å². The van der Waals surface area contributed by atoms with E-state index in [0.717, 1.165) is 36.7 Å². The highest BCUT2D eigenvalue weighted by atomic mass is 16.1. The van der Waals surface area contributed by atoms with Crippen LogP contribution in [0.25, 0.3) is 11.3 Å². The molecule has 1 saturated heterocycles. The van der Waals surface area contributed by atoms with Crippen molar-refractivity contribution in [1.29, 1.82) is 0 Å². The van der Waals surface area contributed by atoms with Crippen molar-refractivity contribution in [2.45, 2.75) is 0 Å². The lowest BCUT2D eigenvalue weighted by Gasteiger charge is -2.40. The van der Waals surface area contributed by atoms with E-state index in [0.29, 0.717) is 11.7 Å². The molecule has 0 radical (unpaired) electrons. The van der Waals surface area contributed by atoms with E-state index in [2.05, 4.69) is 30.4 Å². The maximum absolute atomic E-state index is 11.6. The Morgan fingerprint density at radius 1 is 1.15 bits per heavy atom. The van der Waals surface area contributed by atoms with Gasteiger partial charge in [-0.05, 0) is 24.3 Å². The van der Waals surface area contributed by atoms with Gasteiger partial charge in [-0.25, -0.2) is 4.98 Å². The quantitative estimate of drug-likeness (QED) is 0.740. The molecule has 26 heavy (non-hydrogen) atoms. The molecule has 8 heteroatoms. The number of hydrogen-bond acceptors (Lipinski definition) is 7. The molecular formula is C18H19N7O. The van der Waals surface area contributed by atoms with Crippen molar-refractivity contribution in [3.05, 3.63) is 59.4 Å². The predicted molar refractivity (Wildman–Crippen MR) is 98.9 cm³/mol. The average Bonchev–Trinajstić information content (AvgIpc) is 2.64. The van der Waals surface area contributed by atoms with E-state index in [4.69, 9.17) is 0 Å². The van der Waals surface area contributed by atoms with Crippen molar-refractivity contribution in [3.8, 4) is 11.3 Å². The molecule has 1 aliphatic rings. The minimum atomic E-state index is -0.0673. The van der Waals surface area contributed by atoms with E-state index in [-0.39, 0.29) is 5.56 Å². The number of aromatic nitrogens is 5. The van der Waals surface area contributed by atoms with Crippen LogP contribution >= 0.6 is 0 Å². The molecule has 0 spiro atoms. The summed E-state index contributed by atoms with van der Waals surface area (Å²) in [5.41, 5.74) is 1.78. The summed E-state index contributed by atoms with van der Waals surface area (Å²) in [4.78, 5) is 22.0. The Bertz CT molecular complexity index is 934. The first kappa shape index (κ1) is 16.2. The largest absolute Gasteiger partial charge is 0.369 e. The van der Waals surface area contributed by atoms with E-state index < -0.39 is 0 Å². The second-order valence-corrected chi connectivity index (χ2v) is 6.39. The first-order chi connectivity index (χ1) is 12.7. The summed E-state index contributed by atoms with van der Waals surface area (Å²) in [5, 5.41) is 11.9. The molecule has 1 aliphatic heterocycles. The van der Waals surface area contributed by atoms with Crippen LogP contribution in [0.2, 0.25) is 0 Å². The Hall–Kier alpha value is -3.29. The Balaban J connectivity index is 1.30. The molecule has 4 heterocycles. The minimum Gasteiger partial charge on any atom is -0.369 e. The summed E-state index contributed by atoms with van der Waals surface area (Å²) in [6, 6.07) is 9.32. The van der Waals surface area contributed by atoms with Gasteiger partial charge in [0.1, 0.15) is 5.82 Å². The van der Waals surface area contributed by atoms with Crippen LogP contribution in [0, 0.1) is 5.92 Å². The number of nitrogens with zero attached hydrogens (tertiary/aromatic N) is 6. The molecule has 8 nitrogen and oxygen atoms in total. The lowest BCUT2D eigenvalue weighted by molar-refractivity contribution is 0.425. The second kappa shape index (κ2) is 6.91. The Morgan fingerprint density at radius 3 is 2.65 bits per heavy atom. The maximum Gasteiger partial charge on any atom is 0.255 e. The number of pyridine rings is 1. The topological polar surface area (TPSA) is 88.8 Å². The van der Waals surface area contributed by atoms with Crippen LogP contribution in [0.4, 0.5) is 11.6 Å². The molecule has 0 atom stereocenters. The molecule has 3 aromatic rings. The molecule has 0 bridgehead atoms. The third-order valence-corrected chi connectivity index (χ3v) is 4.46. The fourth-order valence-electron chi connectivity index (χ4n) is 2.86. The fraction of sp³-hybridized carbons (Fsp3) is 0.278. The molecular weight excluding hydrogens is 330 g/mol. The van der Waals surface area contributed by atoms with Crippen LogP contribution in [0.1, 0.15) is 0 Å². The van der Waals surface area contributed by atoms with Crippen molar-refractivity contribution in [2.24, 2.45) is 13.0 Å². The lowest BCUT2D eigenvalue weighted by Crippen LogP contribution is -2.50. The minimum absolute atomic E-state index is 0.0673. The third-order valence-electron chi connectivity index (χ3n) is 4.46. The lowest BCUT2D eigenvalue weighted by atomic mass is 10.0. The zero-order chi connectivity index (χ0) is 17.9. The van der Waals surface area contributed by atoms with Gasteiger partial charge in [0, 0.05) is 56.6 Å². The summed E-state index contributed by atoms with van der Waals surface area (Å²) in [7, 11) is 1.68. The average molecular weight is 349 g/mol. The number of aryl methyl sites for hydroxylation is 1. The zero-order valence-corrected chi connectivity index (χ0v) is 14.4. The monoisotopic (exact) mass is 349 g/mol. The van der Waals surface area contributed by atoms with Crippen LogP contribution < -0.4 is 15.8 Å². The second-order valence-electron chi connectivity index (χ2n) is 6.39. The normalized spacial score (nSPS) is 14.1. The molecule has 0 amide bonds. The first-order valence-electron chi connectivity index (χ1n) is 8.44. The van der Waals surface area contributed by atoms with Crippen LogP contribution in [-0.4, -0.2) is 44.4 Å². The Kier molecular flexibility index (Phi) is 4.30. The molecule has 0 aromatic carbocycles. The Labute approximate surface area is 150 Å². The number of hydrogen-bond donors (Lipinski definition) is 1. The highest BCUT2D eigenvalue weighted by Gasteiger charge is 2.27. The summed E-state index contributed by atoms with van der Waals surface area (Å²) in [5.74, 6) is 1.99. The number of nitrogens with one attached hydrogen (secondary N) is 1. The molecule has 4 rings (SSSR count). The molecule has 132 valence electrons. The SMILES string of the molecule is Cn1cnc(NCC2CN(c3ccc(-c4ccncc4)nn3)C2)cc1=O. The van der Waals surface area contributed by atoms with Gasteiger partial charge in [-0.1, -0.05) is 0 Å². The van der Waals surface area contributed by atoms with Crippen LogP contribution in [0.15, 0.2) is 53.8 Å². The van der Waals surface area contributed by atoms with Gasteiger partial charge < -0.3 is 14.8 Å². The standard InChI is InChI=1S/C18H19N7O/c1-24-12-21-16(8-18(24)26)20-9-13-10-25(11-13)17-3-2-15(22-23-17)14-4-6-19-7-5-14/h2-8,12-13,20H,9-11H2,1H3. The van der Waals surface area contributed by atoms with Crippen LogP contribution in [0.5, 0.6) is 0 Å². The molecule has 1 fully saturated rings. The summed E-state index contributed by atoms with van der Waals surface area (Å²) in [6.45, 7) is 2.58. The van der Waals surface area contributed by atoms with E-state index in [1.807, 2.05) is 24.3 Å². The van der Waals surface area contributed by atoms with Gasteiger partial charge in [-0.2, -0.15) is 0 Å². The van der Waals surface area contributed by atoms with E-state index in [1.54, 1.807) is 19.4 Å². The summed E-state index contributed by atoms with van der Waals surface area (Å²) in [6.07, 6.45) is 5.02. The molecule has 3 aromatic heterocycles. The summed E-state index contributed by atoms with van der Waals surface area (Å²) < 4.78 is 1.45. The zero-order valence-electron chi connectivity index (χ0n) is 14.4. The Morgan fingerprint density at radius 2 is 1.96 bits per heavy atom. The fourth-order valence-corrected chi connectivity index (χ4v) is 2.86. The van der Waals surface area contributed by atoms with Crippen molar-refractivity contribution in [1.82, 2.24) is 24.7 Å². The van der Waals surface area contributed by atoms with Gasteiger partial charge in [-0.3, -0.25) is 9.78 Å². The first-order valence-corrected chi connectivity index (χ1v) is 8.44. The smallest absolute Gasteiger partial charge is 0.255 e. The van der Waals surface area contributed by atoms with Gasteiger partial charge in [0.2, 0.25) is 0 Å². The van der Waals surface area contributed by atoms with Gasteiger partial charge in [0.15, 0.2) is 5.82 Å². The molecule has 0 unspecified atom stereocenters. The van der Waals surface area contributed by atoms with E-state index in [9.17, 15) is 4.79 Å². The number of rotatable bonds is 5. The van der Waals surface area contributed by atoms with E-state index in [1.165, 1.54) is 17.0 Å². The van der Waals surface area contributed by atoms with Crippen LogP contribution in [-0.2, 0) is 7.05 Å². The van der Waals surface area contributed by atoms with Gasteiger partial charge in [-0.15, -0.1) is 10.2 Å². The van der Waals surface area contributed by atoms with Crippen molar-refractivity contribution < 1.29 is 0 Å². The summed E-state index contributed by atoms with van der Waals surface area (Å²) >= 11 is 0. The third kappa shape index (κ3) is 3.39. The van der Waals surface area contributed by atoms with Crippen LogP contribution in [0.3, 0.4) is 0 Å². The van der Waals surface area contributed by atoms with Crippen molar-refractivity contribution in [2.75, 3.05) is 29.9 Å². The van der Waals surface area contributed by atoms with E-state index >= 15 is 0 Å². The van der Waals surface area contributed by atoms with Crippen molar-refractivity contribution >= 4 is 11.6 Å². The molecule has 0 saturated carbocycles. The number of anilines is 2. The maximum atomic E-state index is 11.6. The van der Waals surface area contributed by atoms with Gasteiger partial charge in [0.25, 0.3) is 5.56 Å².